The van der Waals surface area contributed by atoms with Crippen LogP contribution in [0.3, 0.4) is 0 Å². The molecule has 1 aromatic carbocycles. The Kier molecular flexibility index (Phi) is 2.86. The summed E-state index contributed by atoms with van der Waals surface area (Å²) < 4.78 is 2.42. The maximum Gasteiger partial charge on any atom is 0.183 e. The van der Waals surface area contributed by atoms with Crippen LogP contribution in [-0.4, -0.2) is 14.5 Å². The Morgan fingerprint density at radius 3 is 2.56 bits per heavy atom. The Labute approximate surface area is 118 Å². The highest BCUT2D eigenvalue weighted by Crippen LogP contribution is 2.21. The third-order valence-corrected chi connectivity index (χ3v) is 3.32. The summed E-state index contributed by atoms with van der Waals surface area (Å²) >= 11 is 17.1. The SMILES string of the molecule is S=c1[nH]c2cc(Cl)cnc2n1-c1ccc(Cl)cc1. The normalized spacial score (nSPS) is 11.0. The molecule has 0 amide bonds. The van der Waals surface area contributed by atoms with E-state index in [-0.39, 0.29) is 0 Å². The number of imidazole rings is 1. The van der Waals surface area contributed by atoms with E-state index >= 15 is 0 Å². The van der Waals surface area contributed by atoms with Crippen molar-refractivity contribution in [2.24, 2.45) is 0 Å². The van der Waals surface area contributed by atoms with Gasteiger partial charge in [-0.3, -0.25) is 4.57 Å². The predicted octanol–water partition coefficient (Wildman–Crippen LogP) is 4.39. The van der Waals surface area contributed by atoms with Crippen LogP contribution in [0.5, 0.6) is 0 Å². The monoisotopic (exact) mass is 295 g/mol. The van der Waals surface area contributed by atoms with E-state index in [0.717, 1.165) is 16.9 Å². The molecular formula is C12H7Cl2N3S. The maximum absolute atomic E-state index is 5.90. The van der Waals surface area contributed by atoms with Crippen LogP contribution in [0.4, 0.5) is 0 Å². The minimum Gasteiger partial charge on any atom is -0.329 e. The molecule has 0 aliphatic rings. The summed E-state index contributed by atoms with van der Waals surface area (Å²) in [6.45, 7) is 0. The van der Waals surface area contributed by atoms with Crippen LogP contribution in [0.2, 0.25) is 10.0 Å². The van der Waals surface area contributed by atoms with E-state index in [0.29, 0.717) is 14.8 Å². The van der Waals surface area contributed by atoms with Gasteiger partial charge in [-0.2, -0.15) is 0 Å². The van der Waals surface area contributed by atoms with Crippen molar-refractivity contribution in [1.82, 2.24) is 14.5 Å². The first kappa shape index (κ1) is 11.7. The molecule has 3 nitrogen and oxygen atoms in total. The van der Waals surface area contributed by atoms with Gasteiger partial charge in [0, 0.05) is 11.2 Å². The fourth-order valence-electron chi connectivity index (χ4n) is 1.80. The van der Waals surface area contributed by atoms with Gasteiger partial charge in [0.05, 0.1) is 16.2 Å². The third-order valence-electron chi connectivity index (χ3n) is 2.57. The first-order chi connectivity index (χ1) is 8.65. The van der Waals surface area contributed by atoms with E-state index in [4.69, 9.17) is 35.4 Å². The topological polar surface area (TPSA) is 33.6 Å². The minimum atomic E-state index is 0.571. The van der Waals surface area contributed by atoms with E-state index in [2.05, 4.69) is 9.97 Å². The molecule has 0 atom stereocenters. The maximum atomic E-state index is 5.90. The average molecular weight is 296 g/mol. The van der Waals surface area contributed by atoms with E-state index < -0.39 is 0 Å². The lowest BCUT2D eigenvalue weighted by Gasteiger charge is -2.03. The lowest BCUT2D eigenvalue weighted by Crippen LogP contribution is -1.94. The van der Waals surface area contributed by atoms with E-state index in [1.165, 1.54) is 0 Å². The molecule has 0 saturated carbocycles. The summed E-state index contributed by atoms with van der Waals surface area (Å²) in [5.74, 6) is 0. The van der Waals surface area contributed by atoms with Gasteiger partial charge in [0.15, 0.2) is 10.4 Å². The van der Waals surface area contributed by atoms with Gasteiger partial charge in [-0.05, 0) is 42.5 Å². The Morgan fingerprint density at radius 2 is 1.83 bits per heavy atom. The average Bonchev–Trinajstić information content (AvgIpc) is 2.65. The smallest absolute Gasteiger partial charge is 0.183 e. The molecule has 90 valence electrons. The second-order valence-corrected chi connectivity index (χ2v) is 5.03. The molecule has 0 radical (unpaired) electrons. The van der Waals surface area contributed by atoms with Crippen LogP contribution >= 0.6 is 35.4 Å². The number of nitrogens with one attached hydrogen (secondary N) is 1. The first-order valence-corrected chi connectivity index (χ1v) is 6.34. The van der Waals surface area contributed by atoms with Crippen molar-refractivity contribution in [1.29, 1.82) is 0 Å². The Morgan fingerprint density at radius 1 is 1.11 bits per heavy atom. The second kappa shape index (κ2) is 4.39. The molecule has 3 aromatic rings. The van der Waals surface area contributed by atoms with Crippen LogP contribution in [0.15, 0.2) is 36.5 Å². The van der Waals surface area contributed by atoms with Crippen molar-refractivity contribution in [2.75, 3.05) is 0 Å². The standard InChI is InChI=1S/C12H7Cl2N3S/c13-7-1-3-9(4-2-7)17-11-10(16-12(17)18)5-8(14)6-15-11/h1-6H,(H,16,18). The van der Waals surface area contributed by atoms with Crippen LogP contribution in [0.25, 0.3) is 16.9 Å². The van der Waals surface area contributed by atoms with Crippen molar-refractivity contribution in [2.45, 2.75) is 0 Å². The molecule has 1 N–H and O–H groups in total. The van der Waals surface area contributed by atoms with E-state index in [9.17, 15) is 0 Å². The van der Waals surface area contributed by atoms with Gasteiger partial charge in [-0.25, -0.2) is 4.98 Å². The molecule has 6 heteroatoms. The molecule has 3 rings (SSSR count). The van der Waals surface area contributed by atoms with E-state index in [1.807, 2.05) is 28.8 Å². The number of benzene rings is 1. The van der Waals surface area contributed by atoms with Crippen LogP contribution in [-0.2, 0) is 0 Å². The molecule has 0 spiro atoms. The Hall–Kier alpha value is -1.36. The van der Waals surface area contributed by atoms with Crippen molar-refractivity contribution in [3.63, 3.8) is 0 Å². The zero-order chi connectivity index (χ0) is 12.7. The summed E-state index contributed by atoms with van der Waals surface area (Å²) in [5, 5.41) is 1.25. The summed E-state index contributed by atoms with van der Waals surface area (Å²) in [7, 11) is 0. The van der Waals surface area contributed by atoms with Gasteiger partial charge >= 0.3 is 0 Å². The number of aromatic nitrogens is 3. The van der Waals surface area contributed by atoms with Gasteiger partial charge in [-0.15, -0.1) is 0 Å². The van der Waals surface area contributed by atoms with Gasteiger partial charge in [0.1, 0.15) is 0 Å². The molecule has 0 bridgehead atoms. The van der Waals surface area contributed by atoms with Crippen LogP contribution in [0.1, 0.15) is 0 Å². The van der Waals surface area contributed by atoms with Gasteiger partial charge < -0.3 is 4.98 Å². The molecule has 0 saturated heterocycles. The summed E-state index contributed by atoms with van der Waals surface area (Å²) in [5.41, 5.74) is 2.46. The number of aromatic amines is 1. The highest BCUT2D eigenvalue weighted by atomic mass is 35.5. The summed E-state index contributed by atoms with van der Waals surface area (Å²) in [4.78, 5) is 7.38. The highest BCUT2D eigenvalue weighted by Gasteiger charge is 2.08. The number of hydrogen-bond donors (Lipinski definition) is 1. The molecule has 0 aliphatic heterocycles. The zero-order valence-corrected chi connectivity index (χ0v) is 11.4. The first-order valence-electron chi connectivity index (χ1n) is 5.17. The summed E-state index contributed by atoms with van der Waals surface area (Å²) in [6, 6.07) is 9.20. The lowest BCUT2D eigenvalue weighted by atomic mass is 10.3. The van der Waals surface area contributed by atoms with Gasteiger partial charge in [0.2, 0.25) is 0 Å². The number of fused-ring (bicyclic) bond motifs is 1. The molecule has 0 fully saturated rings. The number of nitrogens with zero attached hydrogens (tertiary/aromatic N) is 2. The second-order valence-electron chi connectivity index (χ2n) is 3.77. The van der Waals surface area contributed by atoms with Gasteiger partial charge in [0.25, 0.3) is 0 Å². The van der Waals surface area contributed by atoms with Crippen LogP contribution in [0, 0.1) is 4.77 Å². The predicted molar refractivity (Wildman–Crippen MR) is 76.3 cm³/mol. The number of halogens is 2. The number of pyridine rings is 1. The minimum absolute atomic E-state index is 0.571. The molecule has 18 heavy (non-hydrogen) atoms. The number of rotatable bonds is 1. The number of hydrogen-bond acceptors (Lipinski definition) is 2. The van der Waals surface area contributed by atoms with Crippen molar-refractivity contribution in [3.05, 3.63) is 51.3 Å². The Balaban J connectivity index is 2.32. The molecule has 0 aliphatic carbocycles. The van der Waals surface area contributed by atoms with Crippen molar-refractivity contribution in [3.8, 4) is 5.69 Å². The fraction of sp³-hybridized carbons (Fsp3) is 0. The fourth-order valence-corrected chi connectivity index (χ4v) is 2.38. The highest BCUT2D eigenvalue weighted by molar-refractivity contribution is 7.71. The van der Waals surface area contributed by atoms with E-state index in [1.54, 1.807) is 12.3 Å². The Bertz CT molecular complexity index is 774. The van der Waals surface area contributed by atoms with Gasteiger partial charge in [-0.1, -0.05) is 23.2 Å². The lowest BCUT2D eigenvalue weighted by molar-refractivity contribution is 1.04. The largest absolute Gasteiger partial charge is 0.329 e. The summed E-state index contributed by atoms with van der Waals surface area (Å²) in [6.07, 6.45) is 1.60. The molecule has 2 heterocycles. The van der Waals surface area contributed by atoms with Crippen molar-refractivity contribution >= 4 is 46.6 Å². The molecular weight excluding hydrogens is 289 g/mol. The quantitative estimate of drug-likeness (QED) is 0.676. The zero-order valence-electron chi connectivity index (χ0n) is 9.02. The van der Waals surface area contributed by atoms with Crippen LogP contribution < -0.4 is 0 Å². The molecule has 0 unspecified atom stereocenters. The third kappa shape index (κ3) is 1.92. The number of H-pyrrole nitrogens is 1. The van der Waals surface area contributed by atoms with Crippen molar-refractivity contribution < 1.29 is 0 Å². The molecule has 2 aromatic heterocycles.